The highest BCUT2D eigenvalue weighted by Crippen LogP contribution is 2.37. The summed E-state index contributed by atoms with van der Waals surface area (Å²) in [4.78, 5) is 0. The number of anilines is 1. The molecule has 0 bridgehead atoms. The van der Waals surface area contributed by atoms with E-state index in [9.17, 15) is 0 Å². The molecule has 3 aromatic carbocycles. The Kier molecular flexibility index (Phi) is 1.73. The van der Waals surface area contributed by atoms with Crippen molar-refractivity contribution >= 4 is 38.4 Å². The minimum atomic E-state index is 0.766. The minimum absolute atomic E-state index is 0.766. The molecule has 0 spiro atoms. The SMILES string of the molecule is Nc1cccc2oc3ccc4ccccc4c3c12. The lowest BCUT2D eigenvalue weighted by Gasteiger charge is -2.00. The van der Waals surface area contributed by atoms with E-state index in [-0.39, 0.29) is 0 Å². The Morgan fingerprint density at radius 3 is 2.50 bits per heavy atom. The van der Waals surface area contributed by atoms with Crippen molar-refractivity contribution in [2.75, 3.05) is 5.73 Å². The van der Waals surface area contributed by atoms with E-state index in [4.69, 9.17) is 10.2 Å². The maximum atomic E-state index is 6.10. The molecule has 0 saturated heterocycles. The van der Waals surface area contributed by atoms with Crippen molar-refractivity contribution in [3.63, 3.8) is 0 Å². The molecule has 2 N–H and O–H groups in total. The van der Waals surface area contributed by atoms with Gasteiger partial charge in [-0.2, -0.15) is 0 Å². The van der Waals surface area contributed by atoms with Crippen molar-refractivity contribution in [2.24, 2.45) is 0 Å². The van der Waals surface area contributed by atoms with Crippen LogP contribution < -0.4 is 5.73 Å². The lowest BCUT2D eigenvalue weighted by molar-refractivity contribution is 0.669. The molecular weight excluding hydrogens is 222 g/mol. The van der Waals surface area contributed by atoms with Crippen molar-refractivity contribution in [2.45, 2.75) is 0 Å². The molecule has 86 valence electrons. The maximum absolute atomic E-state index is 6.10. The highest BCUT2D eigenvalue weighted by Gasteiger charge is 2.11. The summed E-state index contributed by atoms with van der Waals surface area (Å²) in [6.45, 7) is 0. The summed E-state index contributed by atoms with van der Waals surface area (Å²) in [6.07, 6.45) is 0. The fourth-order valence-electron chi connectivity index (χ4n) is 2.61. The van der Waals surface area contributed by atoms with E-state index >= 15 is 0 Å². The lowest BCUT2D eigenvalue weighted by atomic mass is 10.0. The smallest absolute Gasteiger partial charge is 0.137 e. The minimum Gasteiger partial charge on any atom is -0.456 e. The molecule has 0 saturated carbocycles. The van der Waals surface area contributed by atoms with Crippen LogP contribution in [0.1, 0.15) is 0 Å². The third kappa shape index (κ3) is 1.12. The molecule has 0 atom stereocenters. The van der Waals surface area contributed by atoms with Gasteiger partial charge in [0.05, 0.1) is 5.39 Å². The van der Waals surface area contributed by atoms with Gasteiger partial charge in [0.15, 0.2) is 0 Å². The number of rotatable bonds is 0. The van der Waals surface area contributed by atoms with Crippen molar-refractivity contribution < 1.29 is 4.42 Å². The van der Waals surface area contributed by atoms with Gasteiger partial charge in [0, 0.05) is 11.1 Å². The third-order valence-corrected chi connectivity index (χ3v) is 3.42. The number of furan rings is 1. The largest absolute Gasteiger partial charge is 0.456 e. The Bertz CT molecular complexity index is 889. The van der Waals surface area contributed by atoms with Crippen LogP contribution >= 0.6 is 0 Å². The number of nitrogen functional groups attached to an aromatic ring is 1. The van der Waals surface area contributed by atoms with Crippen LogP contribution in [0, 0.1) is 0 Å². The Morgan fingerprint density at radius 2 is 1.56 bits per heavy atom. The van der Waals surface area contributed by atoms with Gasteiger partial charge in [0.25, 0.3) is 0 Å². The molecule has 0 unspecified atom stereocenters. The Balaban J connectivity index is 2.40. The van der Waals surface area contributed by atoms with Crippen molar-refractivity contribution in [1.29, 1.82) is 0 Å². The second kappa shape index (κ2) is 3.26. The summed E-state index contributed by atoms with van der Waals surface area (Å²) in [5, 5.41) is 4.52. The van der Waals surface area contributed by atoms with Crippen molar-refractivity contribution in [3.8, 4) is 0 Å². The molecule has 0 aliphatic carbocycles. The van der Waals surface area contributed by atoms with E-state index in [1.807, 2.05) is 36.4 Å². The van der Waals surface area contributed by atoms with E-state index in [2.05, 4.69) is 18.2 Å². The number of hydrogen-bond acceptors (Lipinski definition) is 2. The molecule has 4 aromatic rings. The summed E-state index contributed by atoms with van der Waals surface area (Å²) in [6, 6.07) is 18.2. The Labute approximate surface area is 104 Å². The van der Waals surface area contributed by atoms with Gasteiger partial charge in [0.1, 0.15) is 11.2 Å². The fourth-order valence-corrected chi connectivity index (χ4v) is 2.61. The van der Waals surface area contributed by atoms with Gasteiger partial charge in [-0.15, -0.1) is 0 Å². The third-order valence-electron chi connectivity index (χ3n) is 3.42. The van der Waals surface area contributed by atoms with E-state index in [1.54, 1.807) is 0 Å². The average Bonchev–Trinajstić information content (AvgIpc) is 2.79. The van der Waals surface area contributed by atoms with E-state index in [0.717, 1.165) is 27.6 Å². The zero-order valence-corrected chi connectivity index (χ0v) is 9.68. The quantitative estimate of drug-likeness (QED) is 0.459. The van der Waals surface area contributed by atoms with Gasteiger partial charge >= 0.3 is 0 Å². The molecule has 18 heavy (non-hydrogen) atoms. The predicted molar refractivity (Wildman–Crippen MR) is 75.6 cm³/mol. The molecule has 2 nitrogen and oxygen atoms in total. The first-order valence-corrected chi connectivity index (χ1v) is 5.93. The monoisotopic (exact) mass is 233 g/mol. The van der Waals surface area contributed by atoms with E-state index < -0.39 is 0 Å². The Morgan fingerprint density at radius 1 is 0.722 bits per heavy atom. The van der Waals surface area contributed by atoms with Crippen LogP contribution in [0.25, 0.3) is 32.7 Å². The van der Waals surface area contributed by atoms with Crippen molar-refractivity contribution in [3.05, 3.63) is 54.6 Å². The highest BCUT2D eigenvalue weighted by molar-refractivity contribution is 6.21. The molecule has 1 aromatic heterocycles. The molecule has 4 rings (SSSR count). The fraction of sp³-hybridized carbons (Fsp3) is 0. The van der Waals surface area contributed by atoms with Crippen LogP contribution in [-0.2, 0) is 0 Å². The summed E-state index contributed by atoms with van der Waals surface area (Å²) in [5.74, 6) is 0. The number of benzene rings is 3. The first kappa shape index (κ1) is 9.54. The zero-order chi connectivity index (χ0) is 12.1. The van der Waals surface area contributed by atoms with Crippen LogP contribution in [0.3, 0.4) is 0 Å². The highest BCUT2D eigenvalue weighted by atomic mass is 16.3. The normalized spacial score (nSPS) is 11.6. The van der Waals surface area contributed by atoms with Gasteiger partial charge < -0.3 is 10.2 Å². The van der Waals surface area contributed by atoms with Gasteiger partial charge in [-0.25, -0.2) is 0 Å². The van der Waals surface area contributed by atoms with Gasteiger partial charge in [-0.05, 0) is 29.0 Å². The summed E-state index contributed by atoms with van der Waals surface area (Å²) in [7, 11) is 0. The van der Waals surface area contributed by atoms with E-state index in [0.29, 0.717) is 0 Å². The lowest BCUT2D eigenvalue weighted by Crippen LogP contribution is -1.84. The van der Waals surface area contributed by atoms with Crippen LogP contribution in [0.5, 0.6) is 0 Å². The molecule has 0 fully saturated rings. The molecule has 0 radical (unpaired) electrons. The van der Waals surface area contributed by atoms with Gasteiger partial charge in [0.2, 0.25) is 0 Å². The molecule has 0 aliphatic heterocycles. The Hall–Kier alpha value is -2.48. The topological polar surface area (TPSA) is 39.2 Å². The van der Waals surface area contributed by atoms with Crippen molar-refractivity contribution in [1.82, 2.24) is 0 Å². The molecule has 1 heterocycles. The standard InChI is InChI=1S/C16H11NO/c17-12-6-3-7-13-16(12)15-11-5-2-1-4-10(11)8-9-14(15)18-13/h1-9H,17H2. The molecule has 0 aliphatic rings. The van der Waals surface area contributed by atoms with Crippen LogP contribution in [0.15, 0.2) is 59.0 Å². The van der Waals surface area contributed by atoms with E-state index in [1.165, 1.54) is 10.8 Å². The average molecular weight is 233 g/mol. The second-order valence-corrected chi connectivity index (χ2v) is 4.48. The number of fused-ring (bicyclic) bond motifs is 5. The molecule has 2 heteroatoms. The molecule has 0 amide bonds. The number of hydrogen-bond donors (Lipinski definition) is 1. The summed E-state index contributed by atoms with van der Waals surface area (Å²) in [5.41, 5.74) is 8.60. The first-order valence-electron chi connectivity index (χ1n) is 5.93. The first-order chi connectivity index (χ1) is 8.84. The molecular formula is C16H11NO. The van der Waals surface area contributed by atoms with Gasteiger partial charge in [-0.3, -0.25) is 0 Å². The maximum Gasteiger partial charge on any atom is 0.137 e. The van der Waals surface area contributed by atoms with Crippen LogP contribution in [0.4, 0.5) is 5.69 Å². The predicted octanol–water partition coefficient (Wildman–Crippen LogP) is 4.32. The van der Waals surface area contributed by atoms with Crippen LogP contribution in [-0.4, -0.2) is 0 Å². The summed E-state index contributed by atoms with van der Waals surface area (Å²) < 4.78 is 5.86. The number of nitrogens with two attached hydrogens (primary N) is 1. The van der Waals surface area contributed by atoms with Gasteiger partial charge in [-0.1, -0.05) is 36.4 Å². The summed E-state index contributed by atoms with van der Waals surface area (Å²) >= 11 is 0. The zero-order valence-electron chi connectivity index (χ0n) is 9.68. The van der Waals surface area contributed by atoms with Crippen LogP contribution in [0.2, 0.25) is 0 Å². The second-order valence-electron chi connectivity index (χ2n) is 4.48.